The van der Waals surface area contributed by atoms with Gasteiger partial charge in [-0.3, -0.25) is 9.59 Å². The zero-order chi connectivity index (χ0) is 24.8. The van der Waals surface area contributed by atoms with Crippen molar-refractivity contribution in [1.82, 2.24) is 20.5 Å². The molecular weight excluding hydrogens is 455 g/mol. The van der Waals surface area contributed by atoms with Crippen molar-refractivity contribution in [2.75, 3.05) is 13.1 Å². The molecule has 2 heterocycles. The number of hydrogen-bond acceptors (Lipinski definition) is 4. The molecule has 3 fully saturated rings. The second-order valence-corrected chi connectivity index (χ2v) is 10.8. The Balaban J connectivity index is 1.41. The van der Waals surface area contributed by atoms with Gasteiger partial charge in [-0.15, -0.1) is 0 Å². The average Bonchev–Trinajstić information content (AvgIpc) is 3.81. The number of nitrogens with one attached hydrogen (secondary N) is 3. The molecule has 1 atom stereocenters. The fraction of sp³-hybridized carbons (Fsp3) is 0.448. The van der Waals surface area contributed by atoms with E-state index >= 15 is 0 Å². The Bertz CT molecular complexity index is 1380. The van der Waals surface area contributed by atoms with E-state index in [1.165, 1.54) is 18.9 Å². The van der Waals surface area contributed by atoms with Crippen LogP contribution in [0.1, 0.15) is 53.6 Å². The summed E-state index contributed by atoms with van der Waals surface area (Å²) in [5.74, 6) is -0.0464. The highest BCUT2D eigenvalue weighted by atomic mass is 19.1. The first-order valence-electron chi connectivity index (χ1n) is 13.2. The summed E-state index contributed by atoms with van der Waals surface area (Å²) < 4.78 is 16.8. The topological polar surface area (TPSA) is 75.2 Å². The molecule has 0 radical (unpaired) electrons. The van der Waals surface area contributed by atoms with E-state index in [9.17, 15) is 14.0 Å². The summed E-state index contributed by atoms with van der Waals surface area (Å²) in [7, 11) is 0. The minimum absolute atomic E-state index is 0.0233. The molecule has 0 spiro atoms. The summed E-state index contributed by atoms with van der Waals surface area (Å²) in [4.78, 5) is 26.0. The van der Waals surface area contributed by atoms with Gasteiger partial charge in [0.25, 0.3) is 11.5 Å². The molecule has 0 bridgehead atoms. The van der Waals surface area contributed by atoms with Crippen molar-refractivity contribution in [3.05, 3.63) is 69.4 Å². The standard InChI is InChI=1S/C29H33FN4O2/c1-17-25(11-20(12-27(17)30)28(35)33-22-5-6-22)19-4-7-24-26(10-19)21(13-32-23-8-9-31-14-23)16-34(29(24)36)15-18-2-3-18/h4,7,10-12,16,18,22-23,31-32H,2-3,5-6,8-9,13-15H2,1H3,(H,33,35). The summed E-state index contributed by atoms with van der Waals surface area (Å²) in [6.45, 7) is 5.12. The maximum Gasteiger partial charge on any atom is 0.258 e. The Kier molecular flexibility index (Phi) is 6.13. The van der Waals surface area contributed by atoms with Gasteiger partial charge in [-0.2, -0.15) is 0 Å². The molecule has 1 aromatic heterocycles. The first-order valence-corrected chi connectivity index (χ1v) is 13.2. The van der Waals surface area contributed by atoms with E-state index in [1.54, 1.807) is 13.0 Å². The maximum absolute atomic E-state index is 14.9. The van der Waals surface area contributed by atoms with E-state index in [0.717, 1.165) is 55.4 Å². The van der Waals surface area contributed by atoms with Crippen LogP contribution in [0.4, 0.5) is 4.39 Å². The van der Waals surface area contributed by atoms with Crippen LogP contribution in [0.5, 0.6) is 0 Å². The number of nitrogens with zero attached hydrogens (tertiary/aromatic N) is 1. The van der Waals surface area contributed by atoms with Gasteiger partial charge >= 0.3 is 0 Å². The highest BCUT2D eigenvalue weighted by Crippen LogP contribution is 2.33. The fourth-order valence-corrected chi connectivity index (χ4v) is 5.18. The van der Waals surface area contributed by atoms with E-state index in [2.05, 4.69) is 16.0 Å². The molecule has 2 aromatic carbocycles. The number of amides is 1. The van der Waals surface area contributed by atoms with Gasteiger partial charge in [-0.1, -0.05) is 6.07 Å². The number of halogens is 1. The van der Waals surface area contributed by atoms with Gasteiger partial charge in [-0.05, 0) is 103 Å². The molecule has 3 aromatic rings. The number of benzene rings is 2. The van der Waals surface area contributed by atoms with Crippen molar-refractivity contribution < 1.29 is 9.18 Å². The average molecular weight is 489 g/mol. The van der Waals surface area contributed by atoms with Gasteiger partial charge in [0.15, 0.2) is 0 Å². The van der Waals surface area contributed by atoms with Gasteiger partial charge in [-0.25, -0.2) is 4.39 Å². The Morgan fingerprint density at radius 2 is 1.92 bits per heavy atom. The van der Waals surface area contributed by atoms with Crippen molar-refractivity contribution >= 4 is 16.7 Å². The Labute approximate surface area is 210 Å². The van der Waals surface area contributed by atoms with Crippen LogP contribution >= 0.6 is 0 Å². The number of rotatable bonds is 8. The number of carbonyl (C=O) groups excluding carboxylic acids is 1. The molecule has 1 amide bonds. The Hall–Kier alpha value is -3.03. The van der Waals surface area contributed by atoms with Crippen LogP contribution < -0.4 is 21.5 Å². The van der Waals surface area contributed by atoms with E-state index in [1.807, 2.05) is 29.0 Å². The lowest BCUT2D eigenvalue weighted by Crippen LogP contribution is -2.31. The molecule has 188 valence electrons. The molecule has 1 aliphatic heterocycles. The summed E-state index contributed by atoms with van der Waals surface area (Å²) in [5, 5.41) is 11.5. The largest absolute Gasteiger partial charge is 0.349 e. The quantitative estimate of drug-likeness (QED) is 0.450. The predicted molar refractivity (Wildman–Crippen MR) is 140 cm³/mol. The fourth-order valence-electron chi connectivity index (χ4n) is 5.18. The van der Waals surface area contributed by atoms with Crippen LogP contribution in [0.3, 0.4) is 0 Å². The van der Waals surface area contributed by atoms with Crippen molar-refractivity contribution in [2.24, 2.45) is 5.92 Å². The minimum Gasteiger partial charge on any atom is -0.349 e. The van der Waals surface area contributed by atoms with Crippen LogP contribution in [0.2, 0.25) is 0 Å². The van der Waals surface area contributed by atoms with Crippen molar-refractivity contribution in [3.8, 4) is 11.1 Å². The molecule has 1 unspecified atom stereocenters. The molecule has 6 nitrogen and oxygen atoms in total. The van der Waals surface area contributed by atoms with Crippen LogP contribution in [0.25, 0.3) is 21.9 Å². The number of hydrogen-bond donors (Lipinski definition) is 3. The lowest BCUT2D eigenvalue weighted by atomic mass is 9.94. The van der Waals surface area contributed by atoms with E-state index in [0.29, 0.717) is 40.6 Å². The first kappa shape index (κ1) is 23.4. The summed E-state index contributed by atoms with van der Waals surface area (Å²) in [6.07, 6.45) is 7.40. The highest BCUT2D eigenvalue weighted by molar-refractivity contribution is 5.97. The van der Waals surface area contributed by atoms with Crippen LogP contribution in [-0.4, -0.2) is 35.6 Å². The third-order valence-electron chi connectivity index (χ3n) is 7.79. The van der Waals surface area contributed by atoms with Crippen LogP contribution in [0.15, 0.2) is 41.3 Å². The smallest absolute Gasteiger partial charge is 0.258 e. The summed E-state index contributed by atoms with van der Waals surface area (Å²) in [6, 6.07) is 9.44. The second-order valence-electron chi connectivity index (χ2n) is 10.8. The number of pyridine rings is 1. The van der Waals surface area contributed by atoms with Crippen LogP contribution in [-0.2, 0) is 13.1 Å². The lowest BCUT2D eigenvalue weighted by Gasteiger charge is -2.17. The van der Waals surface area contributed by atoms with E-state index in [4.69, 9.17) is 0 Å². The monoisotopic (exact) mass is 488 g/mol. The zero-order valence-corrected chi connectivity index (χ0v) is 20.7. The lowest BCUT2D eigenvalue weighted by molar-refractivity contribution is 0.0950. The normalized spacial score (nSPS) is 19.7. The van der Waals surface area contributed by atoms with Crippen LogP contribution in [0, 0.1) is 18.7 Å². The molecule has 2 aliphatic carbocycles. The van der Waals surface area contributed by atoms with Gasteiger partial charge in [0.1, 0.15) is 5.82 Å². The molecule has 1 saturated heterocycles. The van der Waals surface area contributed by atoms with E-state index in [-0.39, 0.29) is 17.5 Å². The maximum atomic E-state index is 14.9. The Morgan fingerprint density at radius 3 is 2.64 bits per heavy atom. The molecular formula is C29H33FN4O2. The molecule has 7 heteroatoms. The molecule has 6 rings (SSSR count). The molecule has 3 aliphatic rings. The van der Waals surface area contributed by atoms with Gasteiger partial charge in [0.05, 0.1) is 0 Å². The molecule has 3 N–H and O–H groups in total. The third-order valence-corrected chi connectivity index (χ3v) is 7.79. The van der Waals surface area contributed by atoms with Crippen molar-refractivity contribution in [2.45, 2.75) is 64.2 Å². The van der Waals surface area contributed by atoms with E-state index < -0.39 is 5.82 Å². The number of carbonyl (C=O) groups is 1. The predicted octanol–water partition coefficient (Wildman–Crippen LogP) is 3.87. The second kappa shape index (κ2) is 9.45. The minimum atomic E-state index is -0.399. The third kappa shape index (κ3) is 4.82. The first-order chi connectivity index (χ1) is 17.5. The molecule has 36 heavy (non-hydrogen) atoms. The van der Waals surface area contributed by atoms with Gasteiger partial charge in [0.2, 0.25) is 0 Å². The number of fused-ring (bicyclic) bond motifs is 1. The van der Waals surface area contributed by atoms with Gasteiger partial charge in [0, 0.05) is 48.9 Å². The summed E-state index contributed by atoms with van der Waals surface area (Å²) in [5.41, 5.74) is 3.41. The SMILES string of the molecule is Cc1c(F)cc(C(=O)NC2CC2)cc1-c1ccc2c(=O)n(CC3CC3)cc(CNC3CCNC3)c2c1. The number of aromatic nitrogens is 1. The van der Waals surface area contributed by atoms with Crippen molar-refractivity contribution in [3.63, 3.8) is 0 Å². The van der Waals surface area contributed by atoms with Crippen molar-refractivity contribution in [1.29, 1.82) is 0 Å². The zero-order valence-electron chi connectivity index (χ0n) is 20.7. The Morgan fingerprint density at radius 1 is 1.08 bits per heavy atom. The van der Waals surface area contributed by atoms with Gasteiger partial charge < -0.3 is 20.5 Å². The highest BCUT2D eigenvalue weighted by Gasteiger charge is 2.25. The molecule has 2 saturated carbocycles. The summed E-state index contributed by atoms with van der Waals surface area (Å²) >= 11 is 0.